The highest BCUT2D eigenvalue weighted by atomic mass is 19.4. The predicted molar refractivity (Wildman–Crippen MR) is 108 cm³/mol. The van der Waals surface area contributed by atoms with Crippen molar-refractivity contribution in [1.82, 2.24) is 15.1 Å². The van der Waals surface area contributed by atoms with Crippen LogP contribution in [0.1, 0.15) is 55.2 Å². The quantitative estimate of drug-likeness (QED) is 0.694. The molecule has 0 bridgehead atoms. The minimum Gasteiger partial charge on any atom is -0.497 e. The number of hydrogen-bond donors (Lipinski definition) is 2. The summed E-state index contributed by atoms with van der Waals surface area (Å²) in [6, 6.07) is 6.88. The average molecular weight is 424 g/mol. The number of fused-ring (bicyclic) bond motifs is 1. The van der Waals surface area contributed by atoms with E-state index in [2.05, 4.69) is 15.7 Å². The van der Waals surface area contributed by atoms with Crippen molar-refractivity contribution >= 4 is 11.7 Å². The minimum atomic E-state index is -4.42. The van der Waals surface area contributed by atoms with E-state index in [4.69, 9.17) is 4.74 Å². The van der Waals surface area contributed by atoms with Gasteiger partial charge in [-0.2, -0.15) is 18.3 Å². The van der Waals surface area contributed by atoms with Gasteiger partial charge in [-0.25, -0.2) is 4.68 Å². The van der Waals surface area contributed by atoms with Gasteiger partial charge in [0.1, 0.15) is 11.6 Å². The minimum absolute atomic E-state index is 0.0141. The monoisotopic (exact) mass is 424 g/mol. The number of methoxy groups -OCH3 is 1. The first kappa shape index (κ1) is 22.0. The maximum Gasteiger partial charge on any atom is 0.410 e. The van der Waals surface area contributed by atoms with Crippen LogP contribution in [0.3, 0.4) is 0 Å². The molecule has 1 aliphatic rings. The smallest absolute Gasteiger partial charge is 0.410 e. The summed E-state index contributed by atoms with van der Waals surface area (Å²) >= 11 is 0. The van der Waals surface area contributed by atoms with Crippen LogP contribution in [0.4, 0.5) is 19.0 Å². The van der Waals surface area contributed by atoms with Crippen molar-refractivity contribution in [3.05, 3.63) is 41.6 Å². The van der Waals surface area contributed by atoms with Crippen LogP contribution in [0.2, 0.25) is 0 Å². The first-order valence-electron chi connectivity index (χ1n) is 10.1. The Morgan fingerprint density at radius 3 is 2.67 bits per heavy atom. The number of aromatic nitrogens is 2. The molecule has 1 amide bonds. The second-order valence-electron chi connectivity index (χ2n) is 7.66. The normalized spacial score (nSPS) is 19.5. The van der Waals surface area contributed by atoms with Gasteiger partial charge in [0.15, 0.2) is 11.7 Å². The molecule has 0 saturated carbocycles. The summed E-state index contributed by atoms with van der Waals surface area (Å²) in [7, 11) is 1.61. The number of anilines is 1. The average Bonchev–Trinajstić information content (AvgIpc) is 3.15. The lowest BCUT2D eigenvalue weighted by molar-refractivity contribution is -0.173. The SMILES string of the molecule is CC[C@@H]1C[C@H](C(F)(F)F)n2nc(C(=O)NC(C)CCc3ccc(OC)cc3)cc2N1. The van der Waals surface area contributed by atoms with Crippen molar-refractivity contribution in [2.24, 2.45) is 0 Å². The molecule has 9 heteroatoms. The van der Waals surface area contributed by atoms with Crippen LogP contribution >= 0.6 is 0 Å². The van der Waals surface area contributed by atoms with E-state index in [1.807, 2.05) is 38.1 Å². The largest absolute Gasteiger partial charge is 0.497 e. The van der Waals surface area contributed by atoms with Gasteiger partial charge in [-0.15, -0.1) is 0 Å². The number of ether oxygens (including phenoxy) is 1. The Bertz CT molecular complexity index is 864. The summed E-state index contributed by atoms with van der Waals surface area (Å²) < 4.78 is 46.4. The lowest BCUT2D eigenvalue weighted by atomic mass is 10.0. The molecule has 0 aliphatic carbocycles. The zero-order chi connectivity index (χ0) is 21.9. The Balaban J connectivity index is 1.63. The number of nitrogens with zero attached hydrogens (tertiary/aromatic N) is 2. The van der Waals surface area contributed by atoms with Crippen molar-refractivity contribution < 1.29 is 22.7 Å². The molecule has 2 N–H and O–H groups in total. The fourth-order valence-corrected chi connectivity index (χ4v) is 3.57. The molecule has 2 aromatic rings. The van der Waals surface area contributed by atoms with Gasteiger partial charge < -0.3 is 15.4 Å². The molecular formula is C21H27F3N4O2. The van der Waals surface area contributed by atoms with Crippen molar-refractivity contribution in [3.63, 3.8) is 0 Å². The Morgan fingerprint density at radius 2 is 2.07 bits per heavy atom. The van der Waals surface area contributed by atoms with Crippen LogP contribution in [-0.4, -0.2) is 41.1 Å². The van der Waals surface area contributed by atoms with Crippen LogP contribution in [0, 0.1) is 0 Å². The van der Waals surface area contributed by atoms with E-state index >= 15 is 0 Å². The van der Waals surface area contributed by atoms with E-state index in [1.165, 1.54) is 6.07 Å². The van der Waals surface area contributed by atoms with Crippen molar-refractivity contribution in [2.75, 3.05) is 12.4 Å². The second kappa shape index (κ2) is 8.97. The predicted octanol–water partition coefficient (Wildman–Crippen LogP) is 4.34. The van der Waals surface area contributed by atoms with Crippen LogP contribution < -0.4 is 15.4 Å². The number of benzene rings is 1. The zero-order valence-electron chi connectivity index (χ0n) is 17.3. The molecule has 6 nitrogen and oxygen atoms in total. The van der Waals surface area contributed by atoms with Gasteiger partial charge in [-0.3, -0.25) is 4.79 Å². The molecular weight excluding hydrogens is 397 g/mol. The summed E-state index contributed by atoms with van der Waals surface area (Å²) in [5.41, 5.74) is 1.09. The molecule has 1 aromatic heterocycles. The first-order valence-corrected chi connectivity index (χ1v) is 10.1. The lowest BCUT2D eigenvalue weighted by Crippen LogP contribution is -2.39. The van der Waals surface area contributed by atoms with Gasteiger partial charge in [0, 0.05) is 18.2 Å². The van der Waals surface area contributed by atoms with Gasteiger partial charge in [-0.05, 0) is 50.3 Å². The zero-order valence-corrected chi connectivity index (χ0v) is 17.3. The van der Waals surface area contributed by atoms with E-state index in [-0.39, 0.29) is 30.0 Å². The van der Waals surface area contributed by atoms with E-state index in [0.717, 1.165) is 22.4 Å². The number of carbonyl (C=O) groups excluding carboxylic acids is 1. The number of nitrogens with one attached hydrogen (secondary N) is 2. The second-order valence-corrected chi connectivity index (χ2v) is 7.66. The van der Waals surface area contributed by atoms with Crippen LogP contribution in [0.15, 0.2) is 30.3 Å². The summed E-state index contributed by atoms with van der Waals surface area (Å²) in [6.45, 7) is 3.69. The fourth-order valence-electron chi connectivity index (χ4n) is 3.57. The number of alkyl halides is 3. The lowest BCUT2D eigenvalue weighted by Gasteiger charge is -2.32. The Hall–Kier alpha value is -2.71. The number of amides is 1. The third-order valence-corrected chi connectivity index (χ3v) is 5.40. The summed E-state index contributed by atoms with van der Waals surface area (Å²) in [5.74, 6) is 0.529. The molecule has 1 aliphatic heterocycles. The topological polar surface area (TPSA) is 68.2 Å². The number of rotatable bonds is 7. The van der Waals surface area contributed by atoms with Crippen molar-refractivity contribution in [3.8, 4) is 5.75 Å². The van der Waals surface area contributed by atoms with Crippen LogP contribution in [0.25, 0.3) is 0 Å². The molecule has 3 atom stereocenters. The van der Waals surface area contributed by atoms with Gasteiger partial charge in [0.2, 0.25) is 0 Å². The number of aryl methyl sites for hydroxylation is 1. The highest BCUT2D eigenvalue weighted by Gasteiger charge is 2.46. The number of hydrogen-bond acceptors (Lipinski definition) is 4. The summed E-state index contributed by atoms with van der Waals surface area (Å²) in [6.07, 6.45) is -2.53. The fraction of sp³-hybridized carbons (Fsp3) is 0.524. The molecule has 30 heavy (non-hydrogen) atoms. The standard InChI is InChI=1S/C21H27F3N4O2/c1-4-15-11-18(21(22,23)24)28-19(26-15)12-17(27-28)20(29)25-13(2)5-6-14-7-9-16(30-3)10-8-14/h7-10,12-13,15,18,26H,4-6,11H2,1-3H3,(H,25,29)/t13?,15-,18-/m1/s1. The maximum atomic E-state index is 13.5. The summed E-state index contributed by atoms with van der Waals surface area (Å²) in [4.78, 5) is 12.6. The third kappa shape index (κ3) is 5.06. The molecule has 0 radical (unpaired) electrons. The van der Waals surface area contributed by atoms with Gasteiger partial charge in [0.25, 0.3) is 5.91 Å². The van der Waals surface area contributed by atoms with E-state index in [9.17, 15) is 18.0 Å². The van der Waals surface area contributed by atoms with E-state index in [0.29, 0.717) is 12.8 Å². The third-order valence-electron chi connectivity index (χ3n) is 5.40. The van der Waals surface area contributed by atoms with Gasteiger partial charge in [-0.1, -0.05) is 19.1 Å². The first-order chi connectivity index (χ1) is 14.2. The molecule has 164 valence electrons. The van der Waals surface area contributed by atoms with Gasteiger partial charge in [0.05, 0.1) is 7.11 Å². The molecule has 0 fully saturated rings. The summed E-state index contributed by atoms with van der Waals surface area (Å²) in [5, 5.41) is 9.84. The Labute approximate surface area is 173 Å². The molecule has 0 spiro atoms. The highest BCUT2D eigenvalue weighted by molar-refractivity contribution is 5.93. The molecule has 2 heterocycles. The van der Waals surface area contributed by atoms with Gasteiger partial charge >= 0.3 is 6.18 Å². The molecule has 0 saturated heterocycles. The van der Waals surface area contributed by atoms with Crippen molar-refractivity contribution in [1.29, 1.82) is 0 Å². The Kier molecular flexibility index (Phi) is 6.58. The van der Waals surface area contributed by atoms with E-state index < -0.39 is 18.1 Å². The molecule has 1 unspecified atom stereocenters. The molecule has 3 rings (SSSR count). The van der Waals surface area contributed by atoms with Crippen LogP contribution in [0.5, 0.6) is 5.75 Å². The maximum absolute atomic E-state index is 13.5. The number of halogens is 3. The Morgan fingerprint density at radius 1 is 1.37 bits per heavy atom. The van der Waals surface area contributed by atoms with E-state index in [1.54, 1.807) is 7.11 Å². The van der Waals surface area contributed by atoms with Crippen molar-refractivity contribution in [2.45, 2.75) is 63.8 Å². The highest BCUT2D eigenvalue weighted by Crippen LogP contribution is 2.39. The van der Waals surface area contributed by atoms with Crippen LogP contribution in [-0.2, 0) is 6.42 Å². The number of carbonyl (C=O) groups is 1. The molecule has 1 aromatic carbocycles.